The zero-order valence-corrected chi connectivity index (χ0v) is 18.6. The van der Waals surface area contributed by atoms with E-state index in [1.807, 2.05) is 31.5 Å². The number of hydrogen-bond donors (Lipinski definition) is 0. The highest BCUT2D eigenvalue weighted by Gasteiger charge is 2.27. The van der Waals surface area contributed by atoms with Gasteiger partial charge in [-0.2, -0.15) is 13.9 Å². The van der Waals surface area contributed by atoms with E-state index in [0.29, 0.717) is 26.2 Å². The zero-order valence-electron chi connectivity index (χ0n) is 18.6. The van der Waals surface area contributed by atoms with Gasteiger partial charge in [0.2, 0.25) is 0 Å². The molecule has 3 rings (SSSR count). The summed E-state index contributed by atoms with van der Waals surface area (Å²) in [4.78, 5) is 16.1. The van der Waals surface area contributed by atoms with Gasteiger partial charge in [0.1, 0.15) is 11.4 Å². The Bertz CT molecular complexity index is 883. The fourth-order valence-corrected chi connectivity index (χ4v) is 3.37. The largest absolute Gasteiger partial charge is 0.444 e. The molecule has 31 heavy (non-hydrogen) atoms. The van der Waals surface area contributed by atoms with Crippen molar-refractivity contribution in [3.8, 4) is 11.4 Å². The van der Waals surface area contributed by atoms with Crippen LogP contribution in [-0.4, -0.2) is 59.2 Å². The Morgan fingerprint density at radius 1 is 1.06 bits per heavy atom. The van der Waals surface area contributed by atoms with E-state index in [1.54, 1.807) is 17.0 Å². The second kappa shape index (κ2) is 9.11. The Morgan fingerprint density at radius 2 is 1.68 bits per heavy atom. The first-order valence-electron chi connectivity index (χ1n) is 10.4. The number of hydrogen-bond acceptors (Lipinski definition) is 5. The lowest BCUT2D eigenvalue weighted by molar-refractivity contribution is -0.0498. The van der Waals surface area contributed by atoms with E-state index < -0.39 is 12.2 Å². The average Bonchev–Trinajstić information content (AvgIpc) is 3.13. The first-order chi connectivity index (χ1) is 14.5. The normalized spacial score (nSPS) is 15.0. The lowest BCUT2D eigenvalue weighted by Gasteiger charge is -2.35. The molecule has 7 nitrogen and oxygen atoms in total. The Hall–Kier alpha value is -2.84. The third-order valence-electron chi connectivity index (χ3n) is 4.88. The minimum Gasteiger partial charge on any atom is -0.444 e. The summed E-state index contributed by atoms with van der Waals surface area (Å²) in [7, 11) is 0. The van der Waals surface area contributed by atoms with E-state index in [9.17, 15) is 13.6 Å². The van der Waals surface area contributed by atoms with Crippen molar-refractivity contribution in [1.29, 1.82) is 0 Å². The van der Waals surface area contributed by atoms with Gasteiger partial charge in [-0.1, -0.05) is 13.8 Å². The number of benzene rings is 1. The van der Waals surface area contributed by atoms with Gasteiger partial charge in [-0.15, -0.1) is 0 Å². The molecule has 0 unspecified atom stereocenters. The van der Waals surface area contributed by atoms with Crippen molar-refractivity contribution in [2.45, 2.75) is 52.7 Å². The van der Waals surface area contributed by atoms with Gasteiger partial charge < -0.3 is 19.3 Å². The number of piperazine rings is 1. The average molecular weight is 437 g/mol. The van der Waals surface area contributed by atoms with Crippen molar-refractivity contribution >= 4 is 11.9 Å². The topological polar surface area (TPSA) is 59.8 Å². The molecule has 2 aromatic rings. The first kappa shape index (κ1) is 22.8. The Labute approximate surface area is 181 Å². The second-order valence-corrected chi connectivity index (χ2v) is 8.82. The molecule has 1 aliphatic rings. The Morgan fingerprint density at radius 3 is 2.19 bits per heavy atom. The van der Waals surface area contributed by atoms with Crippen LogP contribution in [0.3, 0.4) is 0 Å². The molecule has 170 valence electrons. The van der Waals surface area contributed by atoms with Gasteiger partial charge in [0.15, 0.2) is 5.82 Å². The molecule has 0 spiro atoms. The van der Waals surface area contributed by atoms with Gasteiger partial charge in [-0.05, 0) is 51.0 Å². The van der Waals surface area contributed by atoms with E-state index in [4.69, 9.17) is 9.84 Å². The predicted molar refractivity (Wildman–Crippen MR) is 114 cm³/mol. The fourth-order valence-electron chi connectivity index (χ4n) is 3.37. The number of amides is 1. The summed E-state index contributed by atoms with van der Waals surface area (Å²) >= 11 is 0. The molecule has 1 fully saturated rings. The fraction of sp³-hybridized carbons (Fsp3) is 0.545. The van der Waals surface area contributed by atoms with Crippen molar-refractivity contribution in [3.63, 3.8) is 0 Å². The summed E-state index contributed by atoms with van der Waals surface area (Å²) < 4.78 is 36.5. The summed E-state index contributed by atoms with van der Waals surface area (Å²) in [6, 6.07) is 8.47. The van der Waals surface area contributed by atoms with Crippen LogP contribution >= 0.6 is 0 Å². The maximum Gasteiger partial charge on any atom is 0.410 e. The Balaban J connectivity index is 1.73. The van der Waals surface area contributed by atoms with Crippen molar-refractivity contribution in [2.24, 2.45) is 0 Å². The van der Waals surface area contributed by atoms with Crippen LogP contribution in [0.4, 0.5) is 19.4 Å². The van der Waals surface area contributed by atoms with Crippen LogP contribution in [0.15, 0.2) is 30.3 Å². The number of halogens is 2. The Kier molecular flexibility index (Phi) is 6.71. The number of ether oxygens (including phenoxy) is 2. The van der Waals surface area contributed by atoms with Gasteiger partial charge in [0.25, 0.3) is 0 Å². The number of anilines is 1. The number of nitrogens with zero attached hydrogens (tertiary/aromatic N) is 4. The van der Waals surface area contributed by atoms with Gasteiger partial charge in [-0.25, -0.2) is 9.48 Å². The molecular weight excluding hydrogens is 406 g/mol. The minimum absolute atomic E-state index is 0.107. The van der Waals surface area contributed by atoms with Crippen LogP contribution in [0.25, 0.3) is 5.69 Å². The van der Waals surface area contributed by atoms with Crippen LogP contribution in [0.5, 0.6) is 5.75 Å². The van der Waals surface area contributed by atoms with Crippen molar-refractivity contribution in [3.05, 3.63) is 36.0 Å². The summed E-state index contributed by atoms with van der Waals surface area (Å²) in [6.45, 7) is 9.26. The molecule has 1 aliphatic heterocycles. The molecule has 1 aromatic carbocycles. The molecule has 0 radical (unpaired) electrons. The molecule has 0 saturated carbocycles. The summed E-state index contributed by atoms with van der Waals surface area (Å²) in [5, 5.41) is 4.76. The molecule has 0 bridgehead atoms. The summed E-state index contributed by atoms with van der Waals surface area (Å²) in [5.41, 5.74) is 1.26. The first-order valence-corrected chi connectivity index (χ1v) is 10.4. The van der Waals surface area contributed by atoms with Crippen LogP contribution in [0.1, 0.15) is 46.2 Å². The lowest BCUT2D eigenvalue weighted by atomic mass is 10.1. The molecule has 0 aliphatic carbocycles. The predicted octanol–water partition coefficient (Wildman–Crippen LogP) is 4.65. The van der Waals surface area contributed by atoms with Gasteiger partial charge >= 0.3 is 12.7 Å². The zero-order chi connectivity index (χ0) is 22.8. The molecule has 1 saturated heterocycles. The third-order valence-corrected chi connectivity index (χ3v) is 4.88. The van der Waals surface area contributed by atoms with Gasteiger partial charge in [0, 0.05) is 37.9 Å². The number of rotatable bonds is 5. The second-order valence-electron chi connectivity index (χ2n) is 8.82. The van der Waals surface area contributed by atoms with Crippen LogP contribution in [0, 0.1) is 0 Å². The van der Waals surface area contributed by atoms with Crippen molar-refractivity contribution in [1.82, 2.24) is 14.7 Å². The lowest BCUT2D eigenvalue weighted by Crippen LogP contribution is -2.50. The van der Waals surface area contributed by atoms with Crippen molar-refractivity contribution in [2.75, 3.05) is 31.1 Å². The van der Waals surface area contributed by atoms with Crippen LogP contribution in [-0.2, 0) is 4.74 Å². The molecule has 1 amide bonds. The third kappa shape index (κ3) is 5.86. The SMILES string of the molecule is CC(C)c1cc(N2CCN(C(=O)OC(C)(C)C)CC2)nn1-c1ccc(OC(F)F)cc1. The van der Waals surface area contributed by atoms with Crippen molar-refractivity contribution < 1.29 is 23.0 Å². The van der Waals surface area contributed by atoms with E-state index in [-0.39, 0.29) is 17.8 Å². The molecule has 1 aromatic heterocycles. The smallest absolute Gasteiger partial charge is 0.410 e. The van der Waals surface area contributed by atoms with E-state index in [0.717, 1.165) is 17.2 Å². The summed E-state index contributed by atoms with van der Waals surface area (Å²) in [6.07, 6.45) is -0.299. The minimum atomic E-state index is -2.85. The highest BCUT2D eigenvalue weighted by atomic mass is 19.3. The van der Waals surface area contributed by atoms with Gasteiger partial charge in [-0.3, -0.25) is 0 Å². The maximum atomic E-state index is 12.4. The van der Waals surface area contributed by atoms with E-state index in [2.05, 4.69) is 23.5 Å². The van der Waals surface area contributed by atoms with E-state index in [1.165, 1.54) is 12.1 Å². The maximum absolute atomic E-state index is 12.4. The molecule has 2 heterocycles. The van der Waals surface area contributed by atoms with E-state index >= 15 is 0 Å². The molecular formula is C22H30F2N4O3. The van der Waals surface area contributed by atoms with Crippen LogP contribution < -0.4 is 9.64 Å². The highest BCUT2D eigenvalue weighted by molar-refractivity contribution is 5.68. The van der Waals surface area contributed by atoms with Crippen LogP contribution in [0.2, 0.25) is 0 Å². The number of alkyl halides is 2. The van der Waals surface area contributed by atoms with Gasteiger partial charge in [0.05, 0.1) is 5.69 Å². The highest BCUT2D eigenvalue weighted by Crippen LogP contribution is 2.27. The molecule has 9 heteroatoms. The molecule has 0 N–H and O–H groups in total. The number of carbonyl (C=O) groups is 1. The molecule has 0 atom stereocenters. The number of aromatic nitrogens is 2. The summed E-state index contributed by atoms with van der Waals surface area (Å²) in [5.74, 6) is 1.14. The quantitative estimate of drug-likeness (QED) is 0.683. The monoisotopic (exact) mass is 436 g/mol. The number of carbonyl (C=O) groups excluding carboxylic acids is 1. The standard InChI is InChI=1S/C22H30F2N4O3/c1-15(2)18-14-19(25-28(18)16-6-8-17(9-7-16)30-20(23)24)26-10-12-27(13-11-26)21(29)31-22(3,4)5/h6-9,14-15,20H,10-13H2,1-5H3.